The van der Waals surface area contributed by atoms with Gasteiger partial charge in [-0.15, -0.1) is 0 Å². The van der Waals surface area contributed by atoms with Crippen LogP contribution in [0.4, 0.5) is 0 Å². The van der Waals surface area contributed by atoms with E-state index in [1.807, 2.05) is 0 Å². The summed E-state index contributed by atoms with van der Waals surface area (Å²) in [6, 6.07) is 3.58. The first kappa shape index (κ1) is 46.5. The van der Waals surface area contributed by atoms with Gasteiger partial charge in [0.2, 0.25) is 0 Å². The molecule has 0 rings (SSSR count). The predicted octanol–water partition coefficient (Wildman–Crippen LogP) is 13.5. The summed E-state index contributed by atoms with van der Waals surface area (Å²) in [5.41, 5.74) is 3.70. The number of rotatable bonds is 28. The maximum atomic E-state index is 12.6. The molecule has 0 amide bonds. The zero-order valence-electron chi connectivity index (χ0n) is 33.1. The normalized spacial score (nSPS) is 14.4. The van der Waals surface area contributed by atoms with Gasteiger partial charge in [-0.25, -0.2) is 0 Å². The molecule has 6 heteroatoms. The van der Waals surface area contributed by atoms with Crippen LogP contribution >= 0.6 is 0 Å². The predicted molar refractivity (Wildman–Crippen MR) is 217 cm³/mol. The molecule has 1 N–H and O–H groups in total. The first-order chi connectivity index (χ1) is 21.4. The summed E-state index contributed by atoms with van der Waals surface area (Å²) in [6.07, 6.45) is 15.9. The SMILES string of the molecule is CCC[CH2][Sn]([CH2]CCC)([CH2]CCC)[CH]([C@@H](CO[Si](CC)(CC)CC)[C@@H](O)C#C[Si](C)(C)C)[Sn]([CH2]CCC)([CH2]CCC)[CH2]CCC. The average Bonchev–Trinajstić information content (AvgIpc) is 3.03. The van der Waals surface area contributed by atoms with E-state index < -0.39 is 59.2 Å². The Labute approximate surface area is 296 Å². The first-order valence-corrected chi connectivity index (χ1v) is 41.7. The van der Waals surface area contributed by atoms with Gasteiger partial charge >= 0.3 is 298 Å². The van der Waals surface area contributed by atoms with Crippen molar-refractivity contribution in [1.82, 2.24) is 0 Å². The molecule has 0 aromatic rings. The van der Waals surface area contributed by atoms with E-state index in [9.17, 15) is 5.11 Å². The Morgan fingerprint density at radius 2 is 0.867 bits per heavy atom. The fourth-order valence-corrected chi connectivity index (χ4v) is 91.4. The summed E-state index contributed by atoms with van der Waals surface area (Å²) in [4.78, 5) is 0. The fraction of sp³-hybridized carbons (Fsp3) is 0.949. The van der Waals surface area contributed by atoms with E-state index in [-0.39, 0.29) is 5.92 Å². The fourth-order valence-electron chi connectivity index (χ4n) is 8.51. The Hall–Kier alpha value is 1.51. The van der Waals surface area contributed by atoms with E-state index in [1.54, 1.807) is 26.6 Å². The molecule has 0 aliphatic rings. The quantitative estimate of drug-likeness (QED) is 0.0627. The van der Waals surface area contributed by atoms with Gasteiger partial charge in [-0.3, -0.25) is 0 Å². The van der Waals surface area contributed by atoms with Gasteiger partial charge in [-0.2, -0.15) is 0 Å². The Balaban J connectivity index is 8.00. The van der Waals surface area contributed by atoms with Crippen LogP contribution in [0, 0.1) is 17.4 Å². The Kier molecular flexibility index (Phi) is 26.3. The zero-order valence-corrected chi connectivity index (χ0v) is 40.9. The zero-order chi connectivity index (χ0) is 34.4. The van der Waals surface area contributed by atoms with Gasteiger partial charge in [0, 0.05) is 0 Å². The Morgan fingerprint density at radius 1 is 0.556 bits per heavy atom. The van der Waals surface area contributed by atoms with Crippen molar-refractivity contribution < 1.29 is 9.53 Å². The standard InChI is InChI=1S/C15H30O2Si2.6C4H9.2Sn/c1-8-19(9-2,10-3)17-13-14(4)15(16)11-12-18(5,6)7;6*1-3-4-2;;/h4,14-16H,8-10,13H2,1-3,5-7H3;6*1,3-4H2,2H3;;/t14-,15-;;;;;;;;/m0......../s1. The molecule has 0 unspecified atom stereocenters. The van der Waals surface area contributed by atoms with Gasteiger partial charge < -0.3 is 0 Å². The molecule has 0 aromatic carbocycles. The molecule has 2 nitrogen and oxygen atoms in total. The molecule has 0 aliphatic carbocycles. The Bertz CT molecular complexity index is 700. The minimum atomic E-state index is -2.87. The van der Waals surface area contributed by atoms with Gasteiger partial charge in [0.05, 0.1) is 0 Å². The van der Waals surface area contributed by atoms with Crippen LogP contribution in [0.5, 0.6) is 0 Å². The van der Waals surface area contributed by atoms with Gasteiger partial charge in [-0.1, -0.05) is 0 Å². The second kappa shape index (κ2) is 25.5. The minimum absolute atomic E-state index is 0.258. The third-order valence-electron chi connectivity index (χ3n) is 11.4. The number of aliphatic hydroxyl groups excluding tert-OH is 1. The summed E-state index contributed by atoms with van der Waals surface area (Å²) < 4.78 is 17.6. The van der Waals surface area contributed by atoms with E-state index in [1.165, 1.54) is 95.2 Å². The van der Waals surface area contributed by atoms with Crippen molar-refractivity contribution >= 4 is 53.1 Å². The van der Waals surface area contributed by atoms with Gasteiger partial charge in [0.15, 0.2) is 0 Å². The molecule has 2 atom stereocenters. The van der Waals surface area contributed by atoms with Crippen LogP contribution in [0.25, 0.3) is 0 Å². The van der Waals surface area contributed by atoms with Crippen LogP contribution in [0.1, 0.15) is 139 Å². The molecular formula is C39H84O2Si2Sn2. The van der Waals surface area contributed by atoms with Crippen molar-refractivity contribution in [2.24, 2.45) is 5.92 Å². The number of unbranched alkanes of at least 4 members (excludes halogenated alkanes) is 6. The van der Waals surface area contributed by atoms with Crippen molar-refractivity contribution in [1.29, 1.82) is 0 Å². The van der Waals surface area contributed by atoms with Gasteiger partial charge in [-0.05, 0) is 0 Å². The van der Waals surface area contributed by atoms with Crippen LogP contribution in [-0.4, -0.2) is 71.0 Å². The summed E-state index contributed by atoms with van der Waals surface area (Å²) in [5.74, 6) is 3.90. The Morgan fingerprint density at radius 3 is 1.11 bits per heavy atom. The average molecular weight is 879 g/mol. The van der Waals surface area contributed by atoms with Crippen LogP contribution in [-0.2, 0) is 4.43 Å². The summed E-state index contributed by atoms with van der Waals surface area (Å²) in [6.45, 7) is 29.6. The molecule has 45 heavy (non-hydrogen) atoms. The van der Waals surface area contributed by atoms with Crippen LogP contribution in [0.2, 0.25) is 66.3 Å². The molecule has 268 valence electrons. The van der Waals surface area contributed by atoms with Crippen LogP contribution in [0.3, 0.4) is 0 Å². The van der Waals surface area contributed by atoms with Crippen molar-refractivity contribution in [3.63, 3.8) is 0 Å². The van der Waals surface area contributed by atoms with Crippen molar-refractivity contribution in [2.45, 2.75) is 212 Å². The van der Waals surface area contributed by atoms with Crippen LogP contribution in [0.15, 0.2) is 0 Å². The maximum absolute atomic E-state index is 12.6. The number of hydrogen-bond donors (Lipinski definition) is 1. The number of aliphatic hydroxyl groups is 1. The summed E-state index contributed by atoms with van der Waals surface area (Å²) in [5, 5.41) is 12.6. The van der Waals surface area contributed by atoms with E-state index in [0.29, 0.717) is 0 Å². The first-order valence-electron chi connectivity index (χ1n) is 20.2. The van der Waals surface area contributed by atoms with Crippen molar-refractivity contribution in [3.8, 4) is 11.5 Å². The summed E-state index contributed by atoms with van der Waals surface area (Å²) in [7, 11) is -3.42. The third-order valence-corrected chi connectivity index (χ3v) is 73.5. The molecule has 0 spiro atoms. The van der Waals surface area contributed by atoms with Gasteiger partial charge in [0.25, 0.3) is 0 Å². The second-order valence-corrected chi connectivity index (χ2v) is 57.9. The molecule has 0 aliphatic heterocycles. The van der Waals surface area contributed by atoms with Gasteiger partial charge in [0.1, 0.15) is 0 Å². The van der Waals surface area contributed by atoms with E-state index in [4.69, 9.17) is 4.43 Å². The van der Waals surface area contributed by atoms with Crippen molar-refractivity contribution in [3.05, 3.63) is 0 Å². The second-order valence-electron chi connectivity index (χ2n) is 16.0. The molecule has 0 radical (unpaired) electrons. The third kappa shape index (κ3) is 16.4. The monoisotopic (exact) mass is 880 g/mol. The molecule has 0 saturated heterocycles. The molecular weight excluding hydrogens is 794 g/mol. The topological polar surface area (TPSA) is 29.5 Å². The molecule has 0 aromatic heterocycles. The molecule has 0 fully saturated rings. The molecule has 0 heterocycles. The molecule has 0 bridgehead atoms. The van der Waals surface area contributed by atoms with E-state index >= 15 is 0 Å². The van der Waals surface area contributed by atoms with E-state index in [2.05, 4.69) is 93.4 Å². The van der Waals surface area contributed by atoms with Crippen LogP contribution < -0.4 is 0 Å². The van der Waals surface area contributed by atoms with Crippen molar-refractivity contribution in [2.75, 3.05) is 6.61 Å². The van der Waals surface area contributed by atoms with E-state index in [0.717, 1.165) is 8.56 Å². The molecule has 0 saturated carbocycles. The summed E-state index contributed by atoms with van der Waals surface area (Å²) >= 11 is -5.73. The number of hydrogen-bond acceptors (Lipinski definition) is 2.